The second kappa shape index (κ2) is 8.03. The fraction of sp³-hybridized carbons (Fsp3) is 0.217. The second-order valence-electron chi connectivity index (χ2n) is 7.43. The van der Waals surface area contributed by atoms with Crippen LogP contribution in [0, 0.1) is 0 Å². The maximum atomic E-state index is 12.7. The van der Waals surface area contributed by atoms with Crippen molar-refractivity contribution >= 4 is 32.8 Å². The molecular formula is C23H24F3NOS. The van der Waals surface area contributed by atoms with Crippen LogP contribution >= 0.6 is 10.0 Å². The molecule has 0 bridgehead atoms. The van der Waals surface area contributed by atoms with E-state index in [9.17, 15) is 13.2 Å². The maximum Gasteiger partial charge on any atom is 0.416 e. The van der Waals surface area contributed by atoms with Crippen LogP contribution in [0.2, 0.25) is 0 Å². The standard InChI is InChI=1S/C23H24F3NOS/c1-5-6-8-18-19-9-7-10-21(29(2,3)4)22(19)28-20(18)15-27-17-13-11-16(12-14-17)23(24,25)26/h5-14,27H,1,15H2,2-4H3/b8-6-. The van der Waals surface area contributed by atoms with Crippen LogP contribution in [0.15, 0.2) is 70.5 Å². The molecule has 0 atom stereocenters. The highest BCUT2D eigenvalue weighted by Gasteiger charge is 2.30. The lowest BCUT2D eigenvalue weighted by Crippen LogP contribution is -2.05. The zero-order chi connectivity index (χ0) is 21.2. The van der Waals surface area contributed by atoms with E-state index in [0.717, 1.165) is 34.4 Å². The number of fused-ring (bicyclic) bond motifs is 1. The van der Waals surface area contributed by atoms with E-state index < -0.39 is 21.8 Å². The zero-order valence-corrected chi connectivity index (χ0v) is 17.5. The summed E-state index contributed by atoms with van der Waals surface area (Å²) in [6.07, 6.45) is 7.79. The van der Waals surface area contributed by atoms with E-state index >= 15 is 0 Å². The Balaban J connectivity index is 1.96. The van der Waals surface area contributed by atoms with E-state index in [4.69, 9.17) is 4.42 Å². The van der Waals surface area contributed by atoms with Crippen LogP contribution in [0.5, 0.6) is 0 Å². The Kier molecular flexibility index (Phi) is 5.85. The van der Waals surface area contributed by atoms with Gasteiger partial charge in [0.25, 0.3) is 0 Å². The number of hydrogen-bond donors (Lipinski definition) is 1. The maximum absolute atomic E-state index is 12.7. The Morgan fingerprint density at radius 2 is 1.76 bits per heavy atom. The number of allylic oxidation sites excluding steroid dienone is 2. The van der Waals surface area contributed by atoms with Gasteiger partial charge in [0.15, 0.2) is 0 Å². The van der Waals surface area contributed by atoms with Crippen molar-refractivity contribution in [3.63, 3.8) is 0 Å². The Labute approximate surface area is 170 Å². The highest BCUT2D eigenvalue weighted by atomic mass is 32.3. The summed E-state index contributed by atoms with van der Waals surface area (Å²) in [6.45, 7) is 4.08. The molecule has 154 valence electrons. The van der Waals surface area contributed by atoms with Gasteiger partial charge in [0.05, 0.1) is 12.1 Å². The van der Waals surface area contributed by atoms with Crippen LogP contribution in [0.25, 0.3) is 17.0 Å². The first-order valence-electron chi connectivity index (χ1n) is 9.04. The normalized spacial score (nSPS) is 13.2. The average Bonchev–Trinajstić information content (AvgIpc) is 3.01. The Bertz CT molecular complexity index is 1040. The minimum absolute atomic E-state index is 0.357. The summed E-state index contributed by atoms with van der Waals surface area (Å²) in [4.78, 5) is 1.18. The van der Waals surface area contributed by atoms with Gasteiger partial charge in [0, 0.05) is 21.5 Å². The van der Waals surface area contributed by atoms with Crippen molar-refractivity contribution < 1.29 is 17.6 Å². The van der Waals surface area contributed by atoms with Crippen LogP contribution in [0.4, 0.5) is 18.9 Å². The van der Waals surface area contributed by atoms with E-state index in [0.29, 0.717) is 12.2 Å². The molecule has 2 nitrogen and oxygen atoms in total. The van der Waals surface area contributed by atoms with Gasteiger partial charge in [-0.1, -0.05) is 36.9 Å². The van der Waals surface area contributed by atoms with Crippen LogP contribution in [-0.2, 0) is 12.7 Å². The van der Waals surface area contributed by atoms with Gasteiger partial charge in [-0.2, -0.15) is 13.2 Å². The van der Waals surface area contributed by atoms with Gasteiger partial charge in [-0.05, 0) is 49.1 Å². The number of hydrogen-bond acceptors (Lipinski definition) is 2. The first-order chi connectivity index (χ1) is 13.6. The van der Waals surface area contributed by atoms with Crippen molar-refractivity contribution in [1.29, 1.82) is 0 Å². The SMILES string of the molecule is C=C/C=C\c1c(CNc2ccc(C(F)(F)F)cc2)oc2c(S(C)(C)C)cccc12. The van der Waals surface area contributed by atoms with E-state index in [1.54, 1.807) is 6.08 Å². The topological polar surface area (TPSA) is 25.2 Å². The van der Waals surface area contributed by atoms with Crippen molar-refractivity contribution in [3.05, 3.63) is 78.1 Å². The van der Waals surface area contributed by atoms with Crippen molar-refractivity contribution in [2.24, 2.45) is 0 Å². The monoisotopic (exact) mass is 419 g/mol. The molecule has 0 amide bonds. The highest BCUT2D eigenvalue weighted by Crippen LogP contribution is 2.49. The summed E-state index contributed by atoms with van der Waals surface area (Å²) >= 11 is 0. The molecule has 3 aromatic rings. The first-order valence-corrected chi connectivity index (χ1v) is 11.9. The first kappa shape index (κ1) is 21.1. The molecular weight excluding hydrogens is 395 g/mol. The van der Waals surface area contributed by atoms with Crippen molar-refractivity contribution in [2.45, 2.75) is 17.6 Å². The van der Waals surface area contributed by atoms with Crippen LogP contribution < -0.4 is 5.32 Å². The molecule has 0 unspecified atom stereocenters. The Morgan fingerprint density at radius 3 is 2.34 bits per heavy atom. The smallest absolute Gasteiger partial charge is 0.416 e. The highest BCUT2D eigenvalue weighted by molar-refractivity contribution is 8.32. The number of para-hydroxylation sites is 1. The third-order valence-corrected chi connectivity index (χ3v) is 6.16. The summed E-state index contributed by atoms with van der Waals surface area (Å²) in [5.41, 5.74) is 1.74. The largest absolute Gasteiger partial charge is 0.457 e. The van der Waals surface area contributed by atoms with Crippen molar-refractivity contribution in [3.8, 4) is 0 Å². The van der Waals surface area contributed by atoms with Gasteiger partial charge in [0.2, 0.25) is 0 Å². The minimum Gasteiger partial charge on any atom is -0.457 e. The molecule has 0 radical (unpaired) electrons. The third-order valence-electron chi connectivity index (χ3n) is 4.52. The molecule has 0 fully saturated rings. The lowest BCUT2D eigenvalue weighted by Gasteiger charge is -2.25. The van der Waals surface area contributed by atoms with Crippen molar-refractivity contribution in [1.82, 2.24) is 0 Å². The van der Waals surface area contributed by atoms with Crippen LogP contribution in [-0.4, -0.2) is 18.8 Å². The minimum atomic E-state index is -4.34. The molecule has 29 heavy (non-hydrogen) atoms. The number of rotatable bonds is 6. The number of benzene rings is 2. The van der Waals surface area contributed by atoms with E-state index in [1.165, 1.54) is 17.0 Å². The van der Waals surface area contributed by atoms with E-state index in [-0.39, 0.29) is 0 Å². The predicted molar refractivity (Wildman–Crippen MR) is 118 cm³/mol. The molecule has 1 N–H and O–H groups in total. The van der Waals surface area contributed by atoms with E-state index in [2.05, 4.69) is 36.7 Å². The number of halogens is 3. The molecule has 0 aliphatic carbocycles. The Hall–Kier alpha value is -2.60. The molecule has 6 heteroatoms. The molecule has 3 rings (SSSR count). The average molecular weight is 420 g/mol. The molecule has 0 aliphatic heterocycles. The fourth-order valence-corrected chi connectivity index (χ4v) is 4.28. The van der Waals surface area contributed by atoms with Crippen LogP contribution in [0.1, 0.15) is 16.9 Å². The zero-order valence-electron chi connectivity index (χ0n) is 16.6. The number of furan rings is 1. The summed E-state index contributed by atoms with van der Waals surface area (Å²) in [6, 6.07) is 11.1. The summed E-state index contributed by atoms with van der Waals surface area (Å²) < 4.78 is 44.5. The summed E-state index contributed by atoms with van der Waals surface area (Å²) in [5.74, 6) is 0.731. The number of anilines is 1. The molecule has 0 saturated carbocycles. The van der Waals surface area contributed by atoms with E-state index in [1.807, 2.05) is 24.3 Å². The van der Waals surface area contributed by atoms with Gasteiger partial charge in [-0.25, -0.2) is 10.0 Å². The lowest BCUT2D eigenvalue weighted by atomic mass is 10.1. The molecule has 0 spiro atoms. The van der Waals surface area contributed by atoms with Gasteiger partial charge >= 0.3 is 6.18 Å². The lowest BCUT2D eigenvalue weighted by molar-refractivity contribution is -0.137. The summed E-state index contributed by atoms with van der Waals surface area (Å²) in [5, 5.41) is 4.18. The molecule has 0 saturated heterocycles. The fourth-order valence-electron chi connectivity index (χ4n) is 3.08. The molecule has 0 aliphatic rings. The van der Waals surface area contributed by atoms with Crippen LogP contribution in [0.3, 0.4) is 0 Å². The quantitative estimate of drug-likeness (QED) is 0.424. The number of alkyl halides is 3. The van der Waals surface area contributed by atoms with Gasteiger partial charge in [0.1, 0.15) is 11.3 Å². The van der Waals surface area contributed by atoms with Gasteiger partial charge < -0.3 is 9.73 Å². The Morgan fingerprint density at radius 1 is 1.07 bits per heavy atom. The van der Waals surface area contributed by atoms with Gasteiger partial charge in [-0.3, -0.25) is 0 Å². The molecule has 1 heterocycles. The van der Waals surface area contributed by atoms with Gasteiger partial charge in [-0.15, -0.1) is 0 Å². The predicted octanol–water partition coefficient (Wildman–Crippen LogP) is 7.32. The molecule has 2 aromatic carbocycles. The second-order valence-corrected chi connectivity index (χ2v) is 11.5. The summed E-state index contributed by atoms with van der Waals surface area (Å²) in [7, 11) is -1.00. The molecule has 1 aromatic heterocycles. The van der Waals surface area contributed by atoms with Crippen molar-refractivity contribution in [2.75, 3.05) is 24.1 Å². The number of nitrogens with one attached hydrogen (secondary N) is 1. The third kappa shape index (κ3) is 4.70.